The molecule has 0 aliphatic heterocycles. The molecule has 1 aromatic heterocycles. The van der Waals surface area contributed by atoms with Crippen LogP contribution in [-0.4, -0.2) is 29.8 Å². The molecule has 0 saturated heterocycles. The Morgan fingerprint density at radius 1 is 1.43 bits per heavy atom. The Bertz CT molecular complexity index is 769. The van der Waals surface area contributed by atoms with Gasteiger partial charge in [0.1, 0.15) is 10.5 Å². The molecule has 0 unspecified atom stereocenters. The number of fused-ring (bicyclic) bond motifs is 1. The third-order valence-corrected chi connectivity index (χ3v) is 5.23. The fourth-order valence-corrected chi connectivity index (χ4v) is 3.76. The molecule has 7 heteroatoms. The summed E-state index contributed by atoms with van der Waals surface area (Å²) in [5.74, 6) is 0. The molecule has 1 aliphatic rings. The van der Waals surface area contributed by atoms with Crippen LogP contribution >= 0.6 is 0 Å². The standard InChI is InChI=1S/C14H17N3O3S/c1-17-9-12(8-15-17)21(19,20)16-10-14(18)7-6-11-4-2-3-5-13(11)14/h2-5,8-9,16,18H,6-7,10H2,1H3/t14-/m0/s1. The molecule has 0 fully saturated rings. The van der Waals surface area contributed by atoms with Gasteiger partial charge in [-0.2, -0.15) is 5.10 Å². The molecule has 112 valence electrons. The number of aliphatic hydroxyl groups is 1. The molecule has 0 spiro atoms. The van der Waals surface area contributed by atoms with Crippen molar-refractivity contribution >= 4 is 10.0 Å². The number of hydrogen-bond donors (Lipinski definition) is 2. The average Bonchev–Trinajstić information content (AvgIpc) is 3.04. The maximum atomic E-state index is 12.2. The van der Waals surface area contributed by atoms with Gasteiger partial charge in [-0.15, -0.1) is 0 Å². The highest BCUT2D eigenvalue weighted by Crippen LogP contribution is 2.36. The second-order valence-electron chi connectivity index (χ2n) is 5.36. The number of sulfonamides is 1. The van der Waals surface area contributed by atoms with Crippen molar-refractivity contribution in [2.75, 3.05) is 6.54 Å². The van der Waals surface area contributed by atoms with Gasteiger partial charge in [-0.1, -0.05) is 24.3 Å². The van der Waals surface area contributed by atoms with Crippen molar-refractivity contribution in [2.24, 2.45) is 7.05 Å². The van der Waals surface area contributed by atoms with E-state index in [0.29, 0.717) is 6.42 Å². The van der Waals surface area contributed by atoms with Crippen LogP contribution in [0, 0.1) is 0 Å². The number of aromatic nitrogens is 2. The normalized spacial score (nSPS) is 21.4. The summed E-state index contributed by atoms with van der Waals surface area (Å²) in [6, 6.07) is 7.58. The first-order chi connectivity index (χ1) is 9.91. The van der Waals surface area contributed by atoms with Crippen molar-refractivity contribution in [2.45, 2.75) is 23.3 Å². The van der Waals surface area contributed by atoms with Gasteiger partial charge >= 0.3 is 0 Å². The zero-order chi connectivity index (χ0) is 15.1. The highest BCUT2D eigenvalue weighted by molar-refractivity contribution is 7.89. The van der Waals surface area contributed by atoms with Crippen molar-refractivity contribution in [1.29, 1.82) is 0 Å². The molecule has 0 bridgehead atoms. The zero-order valence-corrected chi connectivity index (χ0v) is 12.5. The van der Waals surface area contributed by atoms with Crippen LogP contribution in [0.5, 0.6) is 0 Å². The molecule has 0 saturated carbocycles. The fourth-order valence-electron chi connectivity index (χ4n) is 2.69. The minimum Gasteiger partial charge on any atom is -0.384 e. The number of aryl methyl sites for hydroxylation is 2. The molecule has 1 atom stereocenters. The van der Waals surface area contributed by atoms with Crippen LogP contribution in [0.25, 0.3) is 0 Å². The third-order valence-electron chi connectivity index (χ3n) is 3.87. The van der Waals surface area contributed by atoms with E-state index in [1.807, 2.05) is 24.3 Å². The predicted molar refractivity (Wildman–Crippen MR) is 77.1 cm³/mol. The van der Waals surface area contributed by atoms with Crippen LogP contribution in [0.1, 0.15) is 17.5 Å². The highest BCUT2D eigenvalue weighted by Gasteiger charge is 2.37. The average molecular weight is 307 g/mol. The Morgan fingerprint density at radius 3 is 2.90 bits per heavy atom. The molecule has 1 aromatic carbocycles. The van der Waals surface area contributed by atoms with Crippen LogP contribution in [-0.2, 0) is 29.1 Å². The molecule has 0 amide bonds. The maximum absolute atomic E-state index is 12.2. The van der Waals surface area contributed by atoms with E-state index in [1.54, 1.807) is 7.05 Å². The lowest BCUT2D eigenvalue weighted by molar-refractivity contribution is 0.0442. The molecular weight excluding hydrogens is 290 g/mol. The van der Waals surface area contributed by atoms with E-state index >= 15 is 0 Å². The quantitative estimate of drug-likeness (QED) is 0.863. The van der Waals surface area contributed by atoms with Crippen LogP contribution in [0.2, 0.25) is 0 Å². The lowest BCUT2D eigenvalue weighted by atomic mass is 9.96. The van der Waals surface area contributed by atoms with Crippen molar-refractivity contribution in [1.82, 2.24) is 14.5 Å². The Balaban J connectivity index is 1.79. The van der Waals surface area contributed by atoms with Gasteiger partial charge in [0.15, 0.2) is 0 Å². The van der Waals surface area contributed by atoms with E-state index in [0.717, 1.165) is 17.5 Å². The summed E-state index contributed by atoms with van der Waals surface area (Å²) in [5, 5.41) is 14.6. The Morgan fingerprint density at radius 2 is 2.19 bits per heavy atom. The number of rotatable bonds is 4. The first kappa shape index (κ1) is 14.2. The Hall–Kier alpha value is -1.70. The Labute approximate surface area is 123 Å². The number of hydrogen-bond acceptors (Lipinski definition) is 4. The molecule has 21 heavy (non-hydrogen) atoms. The molecule has 1 aliphatic carbocycles. The number of nitrogens with zero attached hydrogens (tertiary/aromatic N) is 2. The van der Waals surface area contributed by atoms with E-state index in [4.69, 9.17) is 0 Å². The highest BCUT2D eigenvalue weighted by atomic mass is 32.2. The van der Waals surface area contributed by atoms with Crippen LogP contribution in [0.3, 0.4) is 0 Å². The first-order valence-electron chi connectivity index (χ1n) is 6.70. The second kappa shape index (κ2) is 4.94. The van der Waals surface area contributed by atoms with E-state index in [1.165, 1.54) is 17.1 Å². The first-order valence-corrected chi connectivity index (χ1v) is 8.18. The van der Waals surface area contributed by atoms with Crippen LogP contribution in [0.15, 0.2) is 41.6 Å². The van der Waals surface area contributed by atoms with Gasteiger partial charge in [0.05, 0.1) is 6.20 Å². The third kappa shape index (κ3) is 2.59. The molecular formula is C14H17N3O3S. The minimum absolute atomic E-state index is 0.0404. The summed E-state index contributed by atoms with van der Waals surface area (Å²) >= 11 is 0. The summed E-state index contributed by atoms with van der Waals surface area (Å²) in [6.45, 7) is -0.0404. The molecule has 1 heterocycles. The van der Waals surface area contributed by atoms with Crippen molar-refractivity contribution < 1.29 is 13.5 Å². The lowest BCUT2D eigenvalue weighted by Gasteiger charge is -2.24. The largest absolute Gasteiger partial charge is 0.384 e. The number of benzene rings is 1. The SMILES string of the molecule is Cn1cc(S(=O)(=O)NC[C@@]2(O)CCc3ccccc32)cn1. The summed E-state index contributed by atoms with van der Waals surface area (Å²) in [4.78, 5) is 0.0971. The van der Waals surface area contributed by atoms with Crippen LogP contribution < -0.4 is 4.72 Å². The van der Waals surface area contributed by atoms with Crippen molar-refractivity contribution in [3.63, 3.8) is 0 Å². The molecule has 2 aromatic rings. The van der Waals surface area contributed by atoms with Gasteiger partial charge in [-0.05, 0) is 24.0 Å². The van der Waals surface area contributed by atoms with Crippen LogP contribution in [0.4, 0.5) is 0 Å². The van der Waals surface area contributed by atoms with E-state index < -0.39 is 15.6 Å². The molecule has 3 rings (SSSR count). The molecule has 6 nitrogen and oxygen atoms in total. The van der Waals surface area contributed by atoms with E-state index in [-0.39, 0.29) is 11.4 Å². The number of nitrogens with one attached hydrogen (secondary N) is 1. The van der Waals surface area contributed by atoms with E-state index in [2.05, 4.69) is 9.82 Å². The summed E-state index contributed by atoms with van der Waals surface area (Å²) < 4.78 is 28.3. The lowest BCUT2D eigenvalue weighted by Crippen LogP contribution is -2.39. The van der Waals surface area contributed by atoms with E-state index in [9.17, 15) is 13.5 Å². The topological polar surface area (TPSA) is 84.2 Å². The summed E-state index contributed by atoms with van der Waals surface area (Å²) in [5.41, 5.74) is 0.728. The second-order valence-corrected chi connectivity index (χ2v) is 7.13. The molecule has 2 N–H and O–H groups in total. The van der Waals surface area contributed by atoms with Gasteiger partial charge in [0, 0.05) is 19.8 Å². The fraction of sp³-hybridized carbons (Fsp3) is 0.357. The maximum Gasteiger partial charge on any atom is 0.243 e. The Kier molecular flexibility index (Phi) is 3.35. The molecule has 0 radical (unpaired) electrons. The van der Waals surface area contributed by atoms with Gasteiger partial charge in [-0.3, -0.25) is 4.68 Å². The van der Waals surface area contributed by atoms with Gasteiger partial charge < -0.3 is 5.11 Å². The smallest absolute Gasteiger partial charge is 0.243 e. The predicted octanol–water partition coefficient (Wildman–Crippen LogP) is 0.532. The monoisotopic (exact) mass is 307 g/mol. The van der Waals surface area contributed by atoms with Crippen molar-refractivity contribution in [3.05, 3.63) is 47.8 Å². The van der Waals surface area contributed by atoms with Gasteiger partial charge in [0.25, 0.3) is 0 Å². The van der Waals surface area contributed by atoms with Gasteiger partial charge in [0.2, 0.25) is 10.0 Å². The van der Waals surface area contributed by atoms with Gasteiger partial charge in [-0.25, -0.2) is 13.1 Å². The summed E-state index contributed by atoms with van der Waals surface area (Å²) in [7, 11) is -2.01. The zero-order valence-electron chi connectivity index (χ0n) is 11.7. The summed E-state index contributed by atoms with van der Waals surface area (Å²) in [6.07, 6.45) is 3.98. The van der Waals surface area contributed by atoms with Crippen molar-refractivity contribution in [3.8, 4) is 0 Å². The minimum atomic E-state index is -3.66.